The molecule has 2 N–H and O–H groups in total. The highest BCUT2D eigenvalue weighted by atomic mass is 16.5. The Morgan fingerprint density at radius 2 is 2.08 bits per heavy atom. The molecule has 0 aromatic carbocycles. The average Bonchev–Trinajstić information content (AvgIpc) is 3.10. The number of imidazole rings is 1. The van der Waals surface area contributed by atoms with Crippen molar-refractivity contribution in [3.8, 4) is 0 Å². The first-order valence-corrected chi connectivity index (χ1v) is 8.49. The number of aromatic nitrogens is 4. The van der Waals surface area contributed by atoms with Gasteiger partial charge in [-0.25, -0.2) is 15.0 Å². The third-order valence-corrected chi connectivity index (χ3v) is 4.53. The molecule has 1 aliphatic heterocycles. The van der Waals surface area contributed by atoms with Gasteiger partial charge in [-0.2, -0.15) is 0 Å². The van der Waals surface area contributed by atoms with Crippen LogP contribution in [0.1, 0.15) is 6.42 Å². The van der Waals surface area contributed by atoms with Crippen LogP contribution < -0.4 is 4.90 Å². The number of rotatable bonds is 5. The number of aryl methyl sites for hydroxylation is 1. The van der Waals surface area contributed by atoms with E-state index in [0.29, 0.717) is 31.8 Å². The molecule has 0 aliphatic carbocycles. The lowest BCUT2D eigenvalue weighted by Gasteiger charge is -2.28. The van der Waals surface area contributed by atoms with Crippen molar-refractivity contribution in [2.75, 3.05) is 37.8 Å². The van der Waals surface area contributed by atoms with Gasteiger partial charge in [0.2, 0.25) is 0 Å². The van der Waals surface area contributed by atoms with Gasteiger partial charge in [-0.15, -0.1) is 0 Å². The van der Waals surface area contributed by atoms with Crippen LogP contribution in [-0.4, -0.2) is 68.7 Å². The summed E-state index contributed by atoms with van der Waals surface area (Å²) in [5.41, 5.74) is 2.48. The number of fused-ring (bicyclic) bond motifs is 3. The third-order valence-electron chi connectivity index (χ3n) is 4.53. The Kier molecular flexibility index (Phi) is 4.48. The van der Waals surface area contributed by atoms with Gasteiger partial charge in [0, 0.05) is 31.2 Å². The molecule has 0 amide bonds. The average molecular weight is 343 g/mol. The van der Waals surface area contributed by atoms with Crippen molar-refractivity contribution in [1.82, 2.24) is 19.5 Å². The summed E-state index contributed by atoms with van der Waals surface area (Å²) in [7, 11) is 0. The third kappa shape index (κ3) is 3.04. The summed E-state index contributed by atoms with van der Waals surface area (Å²) < 4.78 is 7.44. The molecule has 4 rings (SSSR count). The Morgan fingerprint density at radius 3 is 2.88 bits per heavy atom. The van der Waals surface area contributed by atoms with Crippen LogP contribution in [0.4, 0.5) is 5.82 Å². The van der Waals surface area contributed by atoms with Crippen molar-refractivity contribution < 1.29 is 14.9 Å². The fourth-order valence-electron chi connectivity index (χ4n) is 3.20. The van der Waals surface area contributed by atoms with Gasteiger partial charge in [-0.05, 0) is 18.6 Å². The maximum absolute atomic E-state index is 9.67. The highest BCUT2D eigenvalue weighted by Crippen LogP contribution is 2.30. The molecule has 3 aromatic heterocycles. The van der Waals surface area contributed by atoms with Crippen LogP contribution in [0, 0.1) is 0 Å². The summed E-state index contributed by atoms with van der Waals surface area (Å²) in [5, 5.41) is 19.7. The number of nitrogens with zero attached hydrogens (tertiary/aromatic N) is 5. The number of aliphatic hydroxyl groups is 2. The summed E-state index contributed by atoms with van der Waals surface area (Å²) in [4.78, 5) is 15.9. The fourth-order valence-corrected chi connectivity index (χ4v) is 3.20. The number of pyridine rings is 2. The molecule has 1 atom stereocenters. The molecule has 1 unspecified atom stereocenters. The van der Waals surface area contributed by atoms with Crippen LogP contribution >= 0.6 is 0 Å². The first-order chi connectivity index (χ1) is 12.3. The fraction of sp³-hybridized carbons (Fsp3) is 0.471. The number of ether oxygens (including phenoxy) is 1. The summed E-state index contributed by atoms with van der Waals surface area (Å²) in [6.45, 7) is 3.22. The molecular formula is C17H21N5O3. The first kappa shape index (κ1) is 16.2. The first-order valence-electron chi connectivity index (χ1n) is 8.49. The van der Waals surface area contributed by atoms with Gasteiger partial charge in [0.1, 0.15) is 5.52 Å². The molecule has 8 nitrogen and oxygen atoms in total. The van der Waals surface area contributed by atoms with Crippen LogP contribution in [0.15, 0.2) is 24.7 Å². The largest absolute Gasteiger partial charge is 0.394 e. The van der Waals surface area contributed by atoms with Crippen LogP contribution in [0.5, 0.6) is 0 Å². The van der Waals surface area contributed by atoms with Crippen molar-refractivity contribution in [2.45, 2.75) is 19.1 Å². The quantitative estimate of drug-likeness (QED) is 0.699. The Bertz CT molecular complexity index is 875. The minimum atomic E-state index is -0.734. The Labute approximate surface area is 144 Å². The van der Waals surface area contributed by atoms with Crippen molar-refractivity contribution in [3.63, 3.8) is 0 Å². The molecular weight excluding hydrogens is 322 g/mol. The van der Waals surface area contributed by atoms with Crippen molar-refractivity contribution in [2.24, 2.45) is 0 Å². The highest BCUT2D eigenvalue weighted by Gasteiger charge is 2.21. The topological polar surface area (TPSA) is 96.5 Å². The van der Waals surface area contributed by atoms with E-state index in [0.717, 1.165) is 35.3 Å². The van der Waals surface area contributed by atoms with E-state index >= 15 is 0 Å². The number of anilines is 1. The van der Waals surface area contributed by atoms with E-state index in [1.54, 1.807) is 12.5 Å². The summed E-state index contributed by atoms with van der Waals surface area (Å²) in [5.74, 6) is 0.825. The summed E-state index contributed by atoms with van der Waals surface area (Å²) in [6, 6.07) is 3.87. The molecule has 0 radical (unpaired) electrons. The second-order valence-electron chi connectivity index (χ2n) is 6.17. The maximum Gasteiger partial charge on any atom is 0.163 e. The Morgan fingerprint density at radius 1 is 1.24 bits per heavy atom. The monoisotopic (exact) mass is 343 g/mol. The van der Waals surface area contributed by atoms with Crippen LogP contribution in [0.3, 0.4) is 0 Å². The normalized spacial score (nSPS) is 16.6. The molecule has 0 bridgehead atoms. The Balaban J connectivity index is 1.84. The molecule has 3 aromatic rings. The number of hydrogen-bond donors (Lipinski definition) is 2. The van der Waals surface area contributed by atoms with Gasteiger partial charge < -0.3 is 24.4 Å². The van der Waals surface area contributed by atoms with Gasteiger partial charge in [0.25, 0.3) is 0 Å². The Hall–Kier alpha value is -2.29. The molecule has 1 fully saturated rings. The zero-order valence-corrected chi connectivity index (χ0v) is 13.9. The van der Waals surface area contributed by atoms with E-state index < -0.39 is 6.10 Å². The molecule has 25 heavy (non-hydrogen) atoms. The molecule has 0 spiro atoms. The SMILES string of the molecule is OCC(O)CCn1cnc2c(N3CCOCC3)nc3ncccc3c21. The predicted molar refractivity (Wildman–Crippen MR) is 93.6 cm³/mol. The minimum Gasteiger partial charge on any atom is -0.394 e. The number of morpholine rings is 1. The number of hydrogen-bond acceptors (Lipinski definition) is 7. The zero-order valence-electron chi connectivity index (χ0n) is 13.9. The lowest BCUT2D eigenvalue weighted by molar-refractivity contribution is 0.0849. The van der Waals surface area contributed by atoms with Crippen molar-refractivity contribution in [3.05, 3.63) is 24.7 Å². The smallest absolute Gasteiger partial charge is 0.163 e. The molecule has 0 saturated carbocycles. The van der Waals surface area contributed by atoms with E-state index in [9.17, 15) is 5.11 Å². The molecule has 1 saturated heterocycles. The molecule has 8 heteroatoms. The maximum atomic E-state index is 9.67. The van der Waals surface area contributed by atoms with E-state index in [2.05, 4.69) is 14.9 Å². The molecule has 4 heterocycles. The van der Waals surface area contributed by atoms with Gasteiger partial charge in [0.05, 0.1) is 37.8 Å². The van der Waals surface area contributed by atoms with E-state index in [1.807, 2.05) is 16.7 Å². The van der Waals surface area contributed by atoms with Crippen molar-refractivity contribution in [1.29, 1.82) is 0 Å². The van der Waals surface area contributed by atoms with Gasteiger partial charge in [-0.1, -0.05) is 0 Å². The van der Waals surface area contributed by atoms with Gasteiger partial charge in [0.15, 0.2) is 11.5 Å². The lowest BCUT2D eigenvalue weighted by Crippen LogP contribution is -2.37. The van der Waals surface area contributed by atoms with Gasteiger partial charge >= 0.3 is 0 Å². The summed E-state index contributed by atoms with van der Waals surface area (Å²) in [6.07, 6.45) is 3.23. The lowest BCUT2D eigenvalue weighted by atomic mass is 10.2. The second kappa shape index (κ2) is 6.91. The second-order valence-corrected chi connectivity index (χ2v) is 6.17. The minimum absolute atomic E-state index is 0.241. The molecule has 1 aliphatic rings. The molecule has 132 valence electrons. The van der Waals surface area contributed by atoms with Crippen LogP contribution in [0.2, 0.25) is 0 Å². The van der Waals surface area contributed by atoms with Gasteiger partial charge in [-0.3, -0.25) is 0 Å². The van der Waals surface area contributed by atoms with Crippen molar-refractivity contribution >= 4 is 27.9 Å². The standard InChI is InChI=1S/C17H21N5O3/c23-10-12(24)3-5-22-11-19-14-15(22)13-2-1-4-18-16(13)20-17(14)21-6-8-25-9-7-21/h1-2,4,11-12,23-24H,3,5-10H2. The summed E-state index contributed by atoms with van der Waals surface area (Å²) >= 11 is 0. The predicted octanol–water partition coefficient (Wildman–Crippen LogP) is 0.559. The van der Waals surface area contributed by atoms with Crippen LogP contribution in [-0.2, 0) is 11.3 Å². The van der Waals surface area contributed by atoms with E-state index in [1.165, 1.54) is 0 Å². The zero-order chi connectivity index (χ0) is 17.2. The van der Waals surface area contributed by atoms with Crippen LogP contribution in [0.25, 0.3) is 22.1 Å². The number of aliphatic hydroxyl groups excluding tert-OH is 2. The van der Waals surface area contributed by atoms with E-state index in [-0.39, 0.29) is 6.61 Å². The van der Waals surface area contributed by atoms with E-state index in [4.69, 9.17) is 14.8 Å². The highest BCUT2D eigenvalue weighted by molar-refractivity contribution is 6.05.